The normalized spacial score (nSPS) is 12.4. The zero-order chi connectivity index (χ0) is 13.4. The van der Waals surface area contributed by atoms with E-state index in [-0.39, 0.29) is 18.7 Å². The second kappa shape index (κ2) is 7.89. The number of amides is 2. The van der Waals surface area contributed by atoms with E-state index in [1.807, 2.05) is 31.2 Å². The number of aliphatic hydroxyl groups excluding tert-OH is 1. The third-order valence-electron chi connectivity index (χ3n) is 2.43. The summed E-state index contributed by atoms with van der Waals surface area (Å²) in [6.45, 7) is 1.84. The lowest BCUT2D eigenvalue weighted by Crippen LogP contribution is -2.41. The van der Waals surface area contributed by atoms with E-state index in [1.165, 1.54) is 0 Å². The highest BCUT2D eigenvalue weighted by molar-refractivity contribution is 9.10. The summed E-state index contributed by atoms with van der Waals surface area (Å²) in [5.41, 5.74) is 0.979. The molecule has 2 amide bonds. The third kappa shape index (κ3) is 4.89. The average molecular weight is 313 g/mol. The second-order valence-corrected chi connectivity index (χ2v) is 4.61. The van der Waals surface area contributed by atoms with E-state index in [2.05, 4.69) is 26.6 Å². The summed E-state index contributed by atoms with van der Waals surface area (Å²) >= 11 is 3.41. The predicted molar refractivity (Wildman–Crippen MR) is 76.0 cm³/mol. The topological polar surface area (TPSA) is 61.4 Å². The first-order valence-electron chi connectivity index (χ1n) is 5.76. The Morgan fingerprint density at radius 1 is 1.50 bits per heavy atom. The number of rotatable bonds is 5. The lowest BCUT2D eigenvalue weighted by molar-refractivity contribution is 0.217. The highest BCUT2D eigenvalue weighted by Gasteiger charge is 2.06. The van der Waals surface area contributed by atoms with Gasteiger partial charge in [-0.05, 0) is 24.1 Å². The smallest absolute Gasteiger partial charge is 0.319 e. The first kappa shape index (κ1) is 14.7. The number of urea groups is 1. The van der Waals surface area contributed by atoms with Gasteiger partial charge in [-0.3, -0.25) is 0 Å². The van der Waals surface area contributed by atoms with Crippen molar-refractivity contribution >= 4 is 28.0 Å². The molecule has 0 heterocycles. The minimum atomic E-state index is -0.320. The molecular formula is C13H17BrN2O2. The van der Waals surface area contributed by atoms with E-state index in [0.29, 0.717) is 6.42 Å². The fourth-order valence-corrected chi connectivity index (χ4v) is 1.74. The van der Waals surface area contributed by atoms with Crippen LogP contribution in [0.2, 0.25) is 0 Å². The molecule has 0 spiro atoms. The standard InChI is InChI=1S/C13H17BrN2O2/c1-2-11(9-17)16-13(18)15-8-7-10-5-3-4-6-12(10)14/h3-8,11,17H,2,9H2,1H3,(H2,15,16,18)/b8-7+. The number of aliphatic hydroxyl groups is 1. The third-order valence-corrected chi connectivity index (χ3v) is 3.15. The van der Waals surface area contributed by atoms with Crippen LogP contribution in [0.4, 0.5) is 4.79 Å². The van der Waals surface area contributed by atoms with Crippen LogP contribution in [-0.4, -0.2) is 23.8 Å². The summed E-state index contributed by atoms with van der Waals surface area (Å²) in [5.74, 6) is 0. The molecule has 0 radical (unpaired) electrons. The Hall–Kier alpha value is -1.33. The van der Waals surface area contributed by atoms with Gasteiger partial charge in [0.15, 0.2) is 0 Å². The summed E-state index contributed by atoms with van der Waals surface area (Å²) in [5, 5.41) is 14.2. The minimum absolute atomic E-state index is 0.0577. The minimum Gasteiger partial charge on any atom is -0.394 e. The molecule has 0 saturated carbocycles. The van der Waals surface area contributed by atoms with Gasteiger partial charge in [0.2, 0.25) is 0 Å². The van der Waals surface area contributed by atoms with Crippen LogP contribution in [0.3, 0.4) is 0 Å². The fourth-order valence-electron chi connectivity index (χ4n) is 1.32. The Balaban J connectivity index is 2.45. The molecule has 0 aliphatic rings. The van der Waals surface area contributed by atoms with Crippen molar-refractivity contribution in [2.24, 2.45) is 0 Å². The predicted octanol–water partition coefficient (Wildman–Crippen LogP) is 2.49. The van der Waals surface area contributed by atoms with Crippen molar-refractivity contribution in [1.82, 2.24) is 10.6 Å². The van der Waals surface area contributed by atoms with Crippen LogP contribution in [0, 0.1) is 0 Å². The van der Waals surface area contributed by atoms with Crippen LogP contribution in [0.15, 0.2) is 34.9 Å². The average Bonchev–Trinajstić information content (AvgIpc) is 2.38. The molecule has 1 rings (SSSR count). The Bertz CT molecular complexity index is 417. The van der Waals surface area contributed by atoms with Crippen LogP contribution in [0.25, 0.3) is 6.08 Å². The van der Waals surface area contributed by atoms with E-state index in [9.17, 15) is 4.79 Å². The number of carbonyl (C=O) groups is 1. The molecule has 18 heavy (non-hydrogen) atoms. The van der Waals surface area contributed by atoms with Crippen molar-refractivity contribution < 1.29 is 9.90 Å². The van der Waals surface area contributed by atoms with Gasteiger partial charge < -0.3 is 15.7 Å². The molecule has 98 valence electrons. The van der Waals surface area contributed by atoms with Gasteiger partial charge in [0, 0.05) is 10.7 Å². The van der Waals surface area contributed by atoms with Gasteiger partial charge in [-0.25, -0.2) is 4.79 Å². The van der Waals surface area contributed by atoms with Crippen molar-refractivity contribution in [2.45, 2.75) is 19.4 Å². The zero-order valence-corrected chi connectivity index (χ0v) is 11.8. The molecular weight excluding hydrogens is 296 g/mol. The van der Waals surface area contributed by atoms with Gasteiger partial charge in [-0.1, -0.05) is 41.1 Å². The molecule has 1 unspecified atom stereocenters. The monoisotopic (exact) mass is 312 g/mol. The van der Waals surface area contributed by atoms with E-state index in [4.69, 9.17) is 5.11 Å². The first-order valence-corrected chi connectivity index (χ1v) is 6.55. The molecule has 1 aromatic rings. The maximum Gasteiger partial charge on any atom is 0.319 e. The molecule has 0 saturated heterocycles. The summed E-state index contributed by atoms with van der Waals surface area (Å²) < 4.78 is 0.963. The SMILES string of the molecule is CCC(CO)NC(=O)N/C=C/c1ccccc1Br. The summed E-state index contributed by atoms with van der Waals surface area (Å²) in [4.78, 5) is 11.5. The summed E-state index contributed by atoms with van der Waals surface area (Å²) in [7, 11) is 0. The van der Waals surface area contributed by atoms with Crippen molar-refractivity contribution in [2.75, 3.05) is 6.61 Å². The molecule has 0 fully saturated rings. The highest BCUT2D eigenvalue weighted by atomic mass is 79.9. The van der Waals surface area contributed by atoms with Crippen molar-refractivity contribution in [3.8, 4) is 0 Å². The fraction of sp³-hybridized carbons (Fsp3) is 0.308. The number of hydrogen-bond acceptors (Lipinski definition) is 2. The molecule has 4 nitrogen and oxygen atoms in total. The zero-order valence-electron chi connectivity index (χ0n) is 10.2. The Morgan fingerprint density at radius 3 is 2.83 bits per heavy atom. The van der Waals surface area contributed by atoms with E-state index in [0.717, 1.165) is 10.0 Å². The van der Waals surface area contributed by atoms with Crippen molar-refractivity contribution in [3.05, 3.63) is 40.5 Å². The first-order chi connectivity index (χ1) is 8.67. The largest absolute Gasteiger partial charge is 0.394 e. The van der Waals surface area contributed by atoms with Gasteiger partial charge >= 0.3 is 6.03 Å². The van der Waals surface area contributed by atoms with Crippen molar-refractivity contribution in [1.29, 1.82) is 0 Å². The van der Waals surface area contributed by atoms with Gasteiger partial charge in [-0.2, -0.15) is 0 Å². The molecule has 3 N–H and O–H groups in total. The molecule has 0 bridgehead atoms. The van der Waals surface area contributed by atoms with Crippen LogP contribution in [0.5, 0.6) is 0 Å². The van der Waals surface area contributed by atoms with E-state index in [1.54, 1.807) is 12.3 Å². The van der Waals surface area contributed by atoms with Crippen molar-refractivity contribution in [3.63, 3.8) is 0 Å². The van der Waals surface area contributed by atoms with Gasteiger partial charge in [0.1, 0.15) is 0 Å². The number of nitrogens with one attached hydrogen (secondary N) is 2. The number of carbonyl (C=O) groups excluding carboxylic acids is 1. The number of hydrogen-bond donors (Lipinski definition) is 3. The van der Waals surface area contributed by atoms with Gasteiger partial charge in [-0.15, -0.1) is 0 Å². The van der Waals surface area contributed by atoms with Crippen LogP contribution < -0.4 is 10.6 Å². The van der Waals surface area contributed by atoms with Crippen LogP contribution in [0.1, 0.15) is 18.9 Å². The maximum atomic E-state index is 11.5. The summed E-state index contributed by atoms with van der Waals surface area (Å²) in [6.07, 6.45) is 4.06. The maximum absolute atomic E-state index is 11.5. The molecule has 1 atom stereocenters. The molecule has 0 aromatic heterocycles. The highest BCUT2D eigenvalue weighted by Crippen LogP contribution is 2.16. The molecule has 0 aliphatic carbocycles. The Morgan fingerprint density at radius 2 is 2.22 bits per heavy atom. The molecule has 1 aromatic carbocycles. The van der Waals surface area contributed by atoms with E-state index < -0.39 is 0 Å². The lowest BCUT2D eigenvalue weighted by Gasteiger charge is -2.13. The lowest BCUT2D eigenvalue weighted by atomic mass is 10.2. The summed E-state index contributed by atoms with van der Waals surface area (Å²) in [6, 6.07) is 7.18. The van der Waals surface area contributed by atoms with Crippen LogP contribution >= 0.6 is 15.9 Å². The van der Waals surface area contributed by atoms with Crippen LogP contribution in [-0.2, 0) is 0 Å². The number of benzene rings is 1. The van der Waals surface area contributed by atoms with Gasteiger partial charge in [0.25, 0.3) is 0 Å². The molecule has 5 heteroatoms. The molecule has 0 aliphatic heterocycles. The van der Waals surface area contributed by atoms with E-state index >= 15 is 0 Å². The Labute approximate surface area is 115 Å². The number of halogens is 1. The van der Waals surface area contributed by atoms with Gasteiger partial charge in [0.05, 0.1) is 12.6 Å². The quantitative estimate of drug-likeness (QED) is 0.782. The second-order valence-electron chi connectivity index (χ2n) is 3.76. The Kier molecular flexibility index (Phi) is 6.46.